The highest BCUT2D eigenvalue weighted by Crippen LogP contribution is 2.33. The average molecular weight is 355 g/mol. The van der Waals surface area contributed by atoms with Gasteiger partial charge in [-0.3, -0.25) is 14.9 Å². The summed E-state index contributed by atoms with van der Waals surface area (Å²) in [5.41, 5.74) is -0.407. The molecule has 0 saturated heterocycles. The van der Waals surface area contributed by atoms with Crippen LogP contribution in [0.4, 0.5) is 5.69 Å². The minimum absolute atomic E-state index is 0.187. The molecule has 0 radical (unpaired) electrons. The summed E-state index contributed by atoms with van der Waals surface area (Å²) in [6.07, 6.45) is 2.58. The molecule has 1 aromatic rings. The summed E-state index contributed by atoms with van der Waals surface area (Å²) in [7, 11) is -3.79. The molecule has 7 nitrogen and oxygen atoms in total. The number of hydrogen-bond donors (Lipinski definition) is 0. The van der Waals surface area contributed by atoms with Crippen LogP contribution in [0.5, 0.6) is 0 Å². The first kappa shape index (κ1) is 18.4. The monoisotopic (exact) mass is 355 g/mol. The Kier molecular flexibility index (Phi) is 5.93. The lowest BCUT2D eigenvalue weighted by Crippen LogP contribution is -2.28. The predicted octanol–water partition coefficient (Wildman–Crippen LogP) is 2.74. The van der Waals surface area contributed by atoms with Crippen molar-refractivity contribution >= 4 is 21.5 Å². The number of sulfone groups is 1. The van der Waals surface area contributed by atoms with Gasteiger partial charge in [0.15, 0.2) is 9.84 Å². The van der Waals surface area contributed by atoms with Gasteiger partial charge >= 0.3 is 5.97 Å². The molecule has 1 aliphatic rings. The summed E-state index contributed by atoms with van der Waals surface area (Å²) in [4.78, 5) is 22.0. The third-order valence-electron chi connectivity index (χ3n) is 4.25. The molecular formula is C16H21NO6S. The van der Waals surface area contributed by atoms with Crippen molar-refractivity contribution in [3.63, 3.8) is 0 Å². The molecule has 0 unspecified atom stereocenters. The van der Waals surface area contributed by atoms with Crippen molar-refractivity contribution in [2.45, 2.75) is 37.5 Å². The normalized spacial score (nSPS) is 21.2. The Labute approximate surface area is 141 Å². The van der Waals surface area contributed by atoms with Crippen molar-refractivity contribution in [2.75, 3.05) is 12.4 Å². The van der Waals surface area contributed by atoms with E-state index in [0.717, 1.165) is 6.42 Å². The summed E-state index contributed by atoms with van der Waals surface area (Å²) < 4.78 is 30.2. The highest BCUT2D eigenvalue weighted by Gasteiger charge is 2.33. The Morgan fingerprint density at radius 1 is 1.33 bits per heavy atom. The Morgan fingerprint density at radius 2 is 2.04 bits per heavy atom. The molecule has 0 bridgehead atoms. The molecule has 1 aromatic carbocycles. The van der Waals surface area contributed by atoms with E-state index in [1.807, 2.05) is 0 Å². The molecule has 1 saturated carbocycles. The zero-order chi connectivity index (χ0) is 17.7. The molecular weight excluding hydrogens is 334 g/mol. The summed E-state index contributed by atoms with van der Waals surface area (Å²) in [5, 5.41) is 11.1. The molecule has 1 aliphatic carbocycles. The maximum absolute atomic E-state index is 12.6. The molecule has 2 rings (SSSR count). The number of rotatable bonds is 6. The van der Waals surface area contributed by atoms with Crippen LogP contribution in [0.1, 0.15) is 32.6 Å². The van der Waals surface area contributed by atoms with Gasteiger partial charge in [-0.2, -0.15) is 0 Å². The van der Waals surface area contributed by atoms with Gasteiger partial charge in [0, 0.05) is 6.07 Å². The van der Waals surface area contributed by atoms with E-state index in [0.29, 0.717) is 25.9 Å². The molecule has 2 atom stereocenters. The van der Waals surface area contributed by atoms with Gasteiger partial charge in [0.05, 0.1) is 23.2 Å². The van der Waals surface area contributed by atoms with Crippen LogP contribution in [0.15, 0.2) is 29.2 Å². The van der Waals surface area contributed by atoms with Crippen LogP contribution in [0.3, 0.4) is 0 Å². The molecule has 0 heterocycles. The number of esters is 1. The summed E-state index contributed by atoms with van der Waals surface area (Å²) in [5.74, 6) is -0.957. The number of para-hydroxylation sites is 1. The topological polar surface area (TPSA) is 104 Å². The number of carbonyl (C=O) groups excluding carboxylic acids is 1. The molecule has 0 aromatic heterocycles. The second kappa shape index (κ2) is 7.74. The number of nitro benzene ring substituents is 1. The number of carbonyl (C=O) groups is 1. The van der Waals surface area contributed by atoms with Crippen molar-refractivity contribution in [3.8, 4) is 0 Å². The number of benzene rings is 1. The van der Waals surface area contributed by atoms with Gasteiger partial charge in [0.25, 0.3) is 5.69 Å². The van der Waals surface area contributed by atoms with Crippen molar-refractivity contribution in [3.05, 3.63) is 34.4 Å². The zero-order valence-corrected chi connectivity index (χ0v) is 14.3. The van der Waals surface area contributed by atoms with E-state index in [4.69, 9.17) is 4.74 Å². The van der Waals surface area contributed by atoms with Crippen LogP contribution in [0, 0.1) is 22.0 Å². The fraction of sp³-hybridized carbons (Fsp3) is 0.562. The molecule has 0 amide bonds. The quantitative estimate of drug-likeness (QED) is 0.441. The van der Waals surface area contributed by atoms with Crippen molar-refractivity contribution < 1.29 is 22.9 Å². The van der Waals surface area contributed by atoms with Crippen molar-refractivity contribution in [1.29, 1.82) is 0 Å². The summed E-state index contributed by atoms with van der Waals surface area (Å²) >= 11 is 0. The van der Waals surface area contributed by atoms with E-state index in [1.54, 1.807) is 6.92 Å². The largest absolute Gasteiger partial charge is 0.466 e. The third kappa shape index (κ3) is 4.31. The molecule has 0 spiro atoms. The number of nitrogens with zero attached hydrogens (tertiary/aromatic N) is 1. The minimum Gasteiger partial charge on any atom is -0.466 e. The molecule has 8 heteroatoms. The van der Waals surface area contributed by atoms with Gasteiger partial charge in [-0.1, -0.05) is 18.6 Å². The van der Waals surface area contributed by atoms with Crippen LogP contribution in [-0.4, -0.2) is 31.7 Å². The van der Waals surface area contributed by atoms with Crippen LogP contribution in [0.25, 0.3) is 0 Å². The molecule has 1 fully saturated rings. The Balaban J connectivity index is 2.15. The van der Waals surface area contributed by atoms with Gasteiger partial charge in [0.1, 0.15) is 4.90 Å². The smallest absolute Gasteiger partial charge is 0.308 e. The van der Waals surface area contributed by atoms with E-state index in [-0.39, 0.29) is 28.5 Å². The summed E-state index contributed by atoms with van der Waals surface area (Å²) in [6, 6.07) is 5.37. The maximum atomic E-state index is 12.6. The van der Waals surface area contributed by atoms with Crippen molar-refractivity contribution in [1.82, 2.24) is 0 Å². The number of hydrogen-bond acceptors (Lipinski definition) is 6. The lowest BCUT2D eigenvalue weighted by Gasteiger charge is -2.27. The van der Waals surface area contributed by atoms with Crippen LogP contribution >= 0.6 is 0 Å². The lowest BCUT2D eigenvalue weighted by atomic mass is 9.82. The number of ether oxygens (including phenoxy) is 1. The van der Waals surface area contributed by atoms with E-state index in [1.165, 1.54) is 24.3 Å². The van der Waals surface area contributed by atoms with E-state index < -0.39 is 20.4 Å². The zero-order valence-electron chi connectivity index (χ0n) is 13.5. The highest BCUT2D eigenvalue weighted by molar-refractivity contribution is 7.91. The fourth-order valence-electron chi connectivity index (χ4n) is 3.19. The molecule has 0 aliphatic heterocycles. The summed E-state index contributed by atoms with van der Waals surface area (Å²) in [6.45, 7) is 2.03. The van der Waals surface area contributed by atoms with E-state index in [2.05, 4.69) is 0 Å². The predicted molar refractivity (Wildman–Crippen MR) is 87.2 cm³/mol. The maximum Gasteiger partial charge on any atom is 0.308 e. The average Bonchev–Trinajstić information content (AvgIpc) is 2.55. The fourth-order valence-corrected chi connectivity index (χ4v) is 5.04. The van der Waals surface area contributed by atoms with Gasteiger partial charge < -0.3 is 4.74 Å². The van der Waals surface area contributed by atoms with E-state index in [9.17, 15) is 23.3 Å². The van der Waals surface area contributed by atoms with Gasteiger partial charge in [-0.25, -0.2) is 8.42 Å². The van der Waals surface area contributed by atoms with Crippen molar-refractivity contribution in [2.24, 2.45) is 11.8 Å². The first-order chi connectivity index (χ1) is 11.3. The molecule has 24 heavy (non-hydrogen) atoms. The second-order valence-electron chi connectivity index (χ2n) is 5.99. The van der Waals surface area contributed by atoms with Crippen LogP contribution in [0.2, 0.25) is 0 Å². The standard InChI is InChI=1S/C16H21NO6S/c1-2-23-16(18)13-7-5-6-12(10-13)11-24(21,22)15-9-4-3-8-14(15)17(19)20/h3-4,8-9,12-13H,2,5-7,10-11H2,1H3/t12-,13+/m1/s1. The molecule has 132 valence electrons. The molecule has 0 N–H and O–H groups in total. The van der Waals surface area contributed by atoms with Crippen LogP contribution in [-0.2, 0) is 19.4 Å². The number of nitro groups is 1. The lowest BCUT2D eigenvalue weighted by molar-refractivity contribution is -0.387. The first-order valence-corrected chi connectivity index (χ1v) is 9.63. The van der Waals surface area contributed by atoms with Gasteiger partial charge in [0.2, 0.25) is 0 Å². The Hall–Kier alpha value is -1.96. The second-order valence-corrected chi connectivity index (χ2v) is 7.99. The van der Waals surface area contributed by atoms with Gasteiger partial charge in [-0.05, 0) is 38.2 Å². The Bertz CT molecular complexity index is 715. The van der Waals surface area contributed by atoms with Gasteiger partial charge in [-0.15, -0.1) is 0 Å². The van der Waals surface area contributed by atoms with Crippen LogP contribution < -0.4 is 0 Å². The van der Waals surface area contributed by atoms with E-state index >= 15 is 0 Å². The highest BCUT2D eigenvalue weighted by atomic mass is 32.2. The Morgan fingerprint density at radius 3 is 2.71 bits per heavy atom. The minimum atomic E-state index is -3.79. The first-order valence-electron chi connectivity index (χ1n) is 7.98. The SMILES string of the molecule is CCOC(=O)[C@H]1CCC[C@@H](CS(=O)(=O)c2ccccc2[N+](=O)[O-])C1. The third-order valence-corrected chi connectivity index (χ3v) is 6.18.